The summed E-state index contributed by atoms with van der Waals surface area (Å²) in [6.07, 6.45) is 0. The van der Waals surface area contributed by atoms with Gasteiger partial charge >= 0.3 is 0 Å². The van der Waals surface area contributed by atoms with Gasteiger partial charge in [-0.15, -0.1) is 0 Å². The second-order valence-electron chi connectivity index (χ2n) is 3.06. The molecule has 0 aromatic heterocycles. The van der Waals surface area contributed by atoms with Crippen molar-refractivity contribution in [2.45, 2.75) is 12.5 Å². The zero-order valence-corrected chi connectivity index (χ0v) is 9.01. The summed E-state index contributed by atoms with van der Waals surface area (Å²) in [7, 11) is 0. The first-order valence-corrected chi connectivity index (χ1v) is 4.63. The van der Waals surface area contributed by atoms with E-state index in [1.807, 2.05) is 0 Å². The molecule has 76 valence electrons. The molecule has 1 amide bonds. The Labute approximate surface area is 88.9 Å². The molecule has 1 atom stereocenters. The fraction of sp³-hybridized carbons (Fsp3) is 0.222. The minimum absolute atomic E-state index is 0.131. The maximum Gasteiger partial charge on any atom is 0.253 e. The van der Waals surface area contributed by atoms with Gasteiger partial charge in [-0.1, -0.05) is 22.0 Å². The predicted octanol–water partition coefficient (Wildman–Crippen LogP) is 1.28. The van der Waals surface area contributed by atoms with E-state index in [-0.39, 0.29) is 5.56 Å². The van der Waals surface area contributed by atoms with E-state index in [4.69, 9.17) is 5.73 Å². The molecule has 1 aromatic rings. The Morgan fingerprint density at radius 2 is 2.21 bits per heavy atom. The Kier molecular flexibility index (Phi) is 2.92. The lowest BCUT2D eigenvalue weighted by atomic mass is 9.95. The normalized spacial score (nSPS) is 14.9. The number of primary amides is 1. The van der Waals surface area contributed by atoms with Crippen LogP contribution in [0.2, 0.25) is 0 Å². The number of benzene rings is 1. The number of halogens is 2. The third kappa shape index (κ3) is 1.93. The molecule has 0 bridgehead atoms. The molecule has 0 radical (unpaired) electrons. The number of rotatable bonds is 2. The van der Waals surface area contributed by atoms with Gasteiger partial charge in [0, 0.05) is 10.0 Å². The first kappa shape index (κ1) is 11.1. The summed E-state index contributed by atoms with van der Waals surface area (Å²) in [5, 5.41) is 9.60. The highest BCUT2D eigenvalue weighted by Crippen LogP contribution is 2.25. The van der Waals surface area contributed by atoms with Crippen molar-refractivity contribution in [1.82, 2.24) is 0 Å². The van der Waals surface area contributed by atoms with Crippen LogP contribution in [0.1, 0.15) is 12.5 Å². The van der Waals surface area contributed by atoms with Gasteiger partial charge in [0.2, 0.25) is 0 Å². The van der Waals surface area contributed by atoms with E-state index < -0.39 is 17.3 Å². The average molecular weight is 262 g/mol. The van der Waals surface area contributed by atoms with E-state index in [0.29, 0.717) is 4.47 Å². The molecule has 0 spiro atoms. The number of aliphatic hydroxyl groups is 1. The van der Waals surface area contributed by atoms with Crippen LogP contribution >= 0.6 is 15.9 Å². The Bertz CT molecular complexity index is 379. The maximum atomic E-state index is 13.3. The van der Waals surface area contributed by atoms with Crippen LogP contribution in [0.5, 0.6) is 0 Å². The van der Waals surface area contributed by atoms with E-state index in [9.17, 15) is 14.3 Å². The second kappa shape index (κ2) is 3.67. The highest BCUT2D eigenvalue weighted by molar-refractivity contribution is 9.10. The van der Waals surface area contributed by atoms with Gasteiger partial charge in [-0.05, 0) is 19.1 Å². The molecule has 0 aliphatic heterocycles. The molecule has 0 saturated carbocycles. The van der Waals surface area contributed by atoms with Crippen LogP contribution in [0, 0.1) is 5.82 Å². The number of amides is 1. The Balaban J connectivity index is 3.26. The van der Waals surface area contributed by atoms with E-state index in [1.54, 1.807) is 0 Å². The zero-order chi connectivity index (χ0) is 10.9. The SMILES string of the molecule is CC(O)(C(N)=O)c1ccc(Br)cc1F. The molecule has 0 fully saturated rings. The second-order valence-corrected chi connectivity index (χ2v) is 3.98. The largest absolute Gasteiger partial charge is 0.375 e. The molecule has 0 saturated heterocycles. The van der Waals surface area contributed by atoms with Gasteiger partial charge in [-0.2, -0.15) is 0 Å². The van der Waals surface area contributed by atoms with Crippen molar-refractivity contribution < 1.29 is 14.3 Å². The summed E-state index contributed by atoms with van der Waals surface area (Å²) >= 11 is 3.06. The van der Waals surface area contributed by atoms with Crippen LogP contribution in [0.25, 0.3) is 0 Å². The molecule has 14 heavy (non-hydrogen) atoms. The molecule has 3 N–H and O–H groups in total. The van der Waals surface area contributed by atoms with E-state index in [2.05, 4.69) is 15.9 Å². The van der Waals surface area contributed by atoms with Crippen LogP contribution in [-0.4, -0.2) is 11.0 Å². The first-order chi connectivity index (χ1) is 6.35. The average Bonchev–Trinajstić information content (AvgIpc) is 2.02. The Hall–Kier alpha value is -0.940. The van der Waals surface area contributed by atoms with Gasteiger partial charge < -0.3 is 10.8 Å². The van der Waals surface area contributed by atoms with E-state index in [1.165, 1.54) is 12.1 Å². The van der Waals surface area contributed by atoms with Crippen molar-refractivity contribution >= 4 is 21.8 Å². The molecular weight excluding hydrogens is 253 g/mol. The van der Waals surface area contributed by atoms with Gasteiger partial charge in [-0.25, -0.2) is 4.39 Å². The molecular formula is C9H9BrFNO2. The van der Waals surface area contributed by atoms with Gasteiger partial charge in [0.05, 0.1) is 0 Å². The molecule has 1 unspecified atom stereocenters. The lowest BCUT2D eigenvalue weighted by molar-refractivity contribution is -0.135. The highest BCUT2D eigenvalue weighted by atomic mass is 79.9. The van der Waals surface area contributed by atoms with Crippen LogP contribution in [-0.2, 0) is 10.4 Å². The minimum Gasteiger partial charge on any atom is -0.375 e. The number of carbonyl (C=O) groups excluding carboxylic acids is 1. The number of hydrogen-bond acceptors (Lipinski definition) is 2. The van der Waals surface area contributed by atoms with Crippen molar-refractivity contribution in [3.05, 3.63) is 34.1 Å². The summed E-state index contributed by atoms with van der Waals surface area (Å²) in [6.45, 7) is 1.15. The summed E-state index contributed by atoms with van der Waals surface area (Å²) in [4.78, 5) is 10.9. The standard InChI is InChI=1S/C9H9BrFNO2/c1-9(14,8(12)13)6-3-2-5(10)4-7(6)11/h2-4,14H,1H3,(H2,12,13). The van der Waals surface area contributed by atoms with Crippen molar-refractivity contribution in [3.8, 4) is 0 Å². The number of carbonyl (C=O) groups is 1. The van der Waals surface area contributed by atoms with Crippen molar-refractivity contribution in [2.24, 2.45) is 5.73 Å². The van der Waals surface area contributed by atoms with Gasteiger partial charge in [0.1, 0.15) is 5.82 Å². The van der Waals surface area contributed by atoms with Gasteiger partial charge in [0.15, 0.2) is 5.60 Å². The lowest BCUT2D eigenvalue weighted by Gasteiger charge is -2.20. The third-order valence-electron chi connectivity index (χ3n) is 1.94. The quantitative estimate of drug-likeness (QED) is 0.843. The topological polar surface area (TPSA) is 63.3 Å². The third-order valence-corrected chi connectivity index (χ3v) is 2.43. The maximum absolute atomic E-state index is 13.3. The van der Waals surface area contributed by atoms with E-state index in [0.717, 1.165) is 13.0 Å². The molecule has 0 aliphatic rings. The van der Waals surface area contributed by atoms with Crippen LogP contribution < -0.4 is 5.73 Å². The molecule has 1 aromatic carbocycles. The predicted molar refractivity (Wildman–Crippen MR) is 52.9 cm³/mol. The highest BCUT2D eigenvalue weighted by Gasteiger charge is 2.32. The van der Waals surface area contributed by atoms with Crippen molar-refractivity contribution in [2.75, 3.05) is 0 Å². The molecule has 1 rings (SSSR count). The smallest absolute Gasteiger partial charge is 0.253 e. The molecule has 3 nitrogen and oxygen atoms in total. The van der Waals surface area contributed by atoms with Gasteiger partial charge in [-0.3, -0.25) is 4.79 Å². The molecule has 5 heteroatoms. The summed E-state index contributed by atoms with van der Waals surface area (Å²) in [5.41, 5.74) is 2.83. The minimum atomic E-state index is -1.98. The Morgan fingerprint density at radius 1 is 1.64 bits per heavy atom. The fourth-order valence-electron chi connectivity index (χ4n) is 1.02. The zero-order valence-electron chi connectivity index (χ0n) is 7.42. The Morgan fingerprint density at radius 3 is 2.64 bits per heavy atom. The van der Waals surface area contributed by atoms with Gasteiger partial charge in [0.25, 0.3) is 5.91 Å². The molecule has 0 aliphatic carbocycles. The lowest BCUT2D eigenvalue weighted by Crippen LogP contribution is -2.38. The van der Waals surface area contributed by atoms with E-state index >= 15 is 0 Å². The monoisotopic (exact) mass is 261 g/mol. The van der Waals surface area contributed by atoms with Crippen LogP contribution in [0.3, 0.4) is 0 Å². The summed E-state index contributed by atoms with van der Waals surface area (Å²) in [6, 6.07) is 3.99. The first-order valence-electron chi connectivity index (χ1n) is 3.83. The van der Waals surface area contributed by atoms with Crippen molar-refractivity contribution in [3.63, 3.8) is 0 Å². The summed E-state index contributed by atoms with van der Waals surface area (Å²) in [5.74, 6) is -1.66. The number of hydrogen-bond donors (Lipinski definition) is 2. The van der Waals surface area contributed by atoms with Crippen LogP contribution in [0.15, 0.2) is 22.7 Å². The molecule has 0 heterocycles. The van der Waals surface area contributed by atoms with Crippen LogP contribution in [0.4, 0.5) is 4.39 Å². The fourth-order valence-corrected chi connectivity index (χ4v) is 1.35. The summed E-state index contributed by atoms with van der Waals surface area (Å²) < 4.78 is 13.8. The number of nitrogens with two attached hydrogens (primary N) is 1. The van der Waals surface area contributed by atoms with Crippen molar-refractivity contribution in [1.29, 1.82) is 0 Å².